The van der Waals surface area contributed by atoms with Gasteiger partial charge >= 0.3 is 0 Å². The van der Waals surface area contributed by atoms with Gasteiger partial charge in [-0.2, -0.15) is 0 Å². The summed E-state index contributed by atoms with van der Waals surface area (Å²) in [4.78, 5) is 37.1. The van der Waals surface area contributed by atoms with Gasteiger partial charge in [-0.1, -0.05) is 48.5 Å². The van der Waals surface area contributed by atoms with E-state index >= 15 is 0 Å². The van der Waals surface area contributed by atoms with Gasteiger partial charge in [0.1, 0.15) is 5.69 Å². The summed E-state index contributed by atoms with van der Waals surface area (Å²) in [7, 11) is 3.16. The van der Waals surface area contributed by atoms with E-state index in [0.29, 0.717) is 48.9 Å². The minimum absolute atomic E-state index is 0.0363. The van der Waals surface area contributed by atoms with Crippen molar-refractivity contribution >= 4 is 17.5 Å². The predicted molar refractivity (Wildman–Crippen MR) is 185 cm³/mol. The first-order valence-electron chi connectivity index (χ1n) is 16.8. The molecule has 10 heteroatoms. The van der Waals surface area contributed by atoms with Crippen molar-refractivity contribution in [3.05, 3.63) is 101 Å². The molecule has 0 N–H and O–H groups in total. The van der Waals surface area contributed by atoms with Crippen molar-refractivity contribution < 1.29 is 23.8 Å². The number of nitrogens with zero attached hydrogens (tertiary/aromatic N) is 5. The van der Waals surface area contributed by atoms with Gasteiger partial charge in [-0.15, -0.1) is 0 Å². The topological polar surface area (TPSA) is 79.7 Å². The first-order valence-corrected chi connectivity index (χ1v) is 16.8. The molecule has 7 rings (SSSR count). The molecule has 4 heterocycles. The number of amides is 2. The molecule has 0 bridgehead atoms. The lowest BCUT2D eigenvalue weighted by atomic mass is 10.0. The average molecular weight is 650 g/mol. The quantitative estimate of drug-likeness (QED) is 0.279. The Balaban J connectivity index is 1.12. The van der Waals surface area contributed by atoms with Crippen LogP contribution in [0.3, 0.4) is 0 Å². The second-order valence-corrected chi connectivity index (χ2v) is 12.5. The van der Waals surface area contributed by atoms with Gasteiger partial charge in [0.05, 0.1) is 46.1 Å². The molecule has 3 aliphatic heterocycles. The Morgan fingerprint density at radius 2 is 1.38 bits per heavy atom. The molecule has 0 unspecified atom stereocenters. The van der Waals surface area contributed by atoms with Gasteiger partial charge in [0.25, 0.3) is 11.8 Å². The molecule has 250 valence electrons. The summed E-state index contributed by atoms with van der Waals surface area (Å²) in [6, 6.07) is 25.5. The van der Waals surface area contributed by atoms with Gasteiger partial charge < -0.3 is 28.6 Å². The maximum absolute atomic E-state index is 14.5. The summed E-state index contributed by atoms with van der Waals surface area (Å²) in [5.74, 6) is 0.734. The molecule has 4 aromatic rings. The average Bonchev–Trinajstić information content (AvgIpc) is 3.46. The van der Waals surface area contributed by atoms with Gasteiger partial charge in [0, 0.05) is 69.3 Å². The highest BCUT2D eigenvalue weighted by Gasteiger charge is 2.32. The fraction of sp³-hybridized carbons (Fsp3) is 0.368. The molecule has 0 radical (unpaired) electrons. The maximum atomic E-state index is 14.5. The second kappa shape index (κ2) is 14.2. The molecule has 0 spiro atoms. The van der Waals surface area contributed by atoms with Crippen molar-refractivity contribution in [3.8, 4) is 22.6 Å². The smallest absolute Gasteiger partial charge is 0.270 e. The fourth-order valence-electron chi connectivity index (χ4n) is 7.10. The number of morpholine rings is 1. The normalized spacial score (nSPS) is 17.0. The molecule has 2 saturated heterocycles. The number of ether oxygens (including phenoxy) is 3. The summed E-state index contributed by atoms with van der Waals surface area (Å²) < 4.78 is 19.2. The van der Waals surface area contributed by atoms with Gasteiger partial charge in [-0.25, -0.2) is 0 Å². The highest BCUT2D eigenvalue weighted by atomic mass is 16.5. The van der Waals surface area contributed by atoms with Crippen molar-refractivity contribution in [1.82, 2.24) is 19.3 Å². The van der Waals surface area contributed by atoms with Crippen molar-refractivity contribution in [2.24, 2.45) is 0 Å². The standard InChI is InChI=1S/C38H43N5O5/c1-46-35-31(28-8-4-3-5-9-28)13-14-32(36(35)47-2)37(44)43-27-30-12-15-34(42(30)26-29-10-6-7-11-33(29)43)38(45)41-20-18-39(19-21-41)16-17-40-22-24-48-25-23-40/h3-15H,16-27H2,1-2H3. The van der Waals surface area contributed by atoms with Crippen LogP contribution in [0, 0.1) is 0 Å². The van der Waals surface area contributed by atoms with E-state index in [4.69, 9.17) is 14.2 Å². The summed E-state index contributed by atoms with van der Waals surface area (Å²) in [5.41, 5.74) is 5.56. The molecule has 3 aromatic carbocycles. The zero-order valence-electron chi connectivity index (χ0n) is 27.8. The second-order valence-electron chi connectivity index (χ2n) is 12.5. The van der Waals surface area contributed by atoms with E-state index < -0.39 is 0 Å². The lowest BCUT2D eigenvalue weighted by Gasteiger charge is -2.36. The number of carbonyl (C=O) groups is 2. The molecule has 2 fully saturated rings. The van der Waals surface area contributed by atoms with E-state index in [-0.39, 0.29) is 11.8 Å². The van der Waals surface area contributed by atoms with Crippen LogP contribution in [0.15, 0.2) is 78.9 Å². The van der Waals surface area contributed by atoms with E-state index in [1.165, 1.54) is 0 Å². The van der Waals surface area contributed by atoms with E-state index in [1.807, 2.05) is 83.8 Å². The van der Waals surface area contributed by atoms with Crippen molar-refractivity contribution in [3.63, 3.8) is 0 Å². The SMILES string of the molecule is COc1c(C(=O)N2Cc3ccc(C(=O)N4CCN(CCN5CCOCC5)CC4)n3Cc3ccccc32)ccc(-c2ccccc2)c1OC. The summed E-state index contributed by atoms with van der Waals surface area (Å²) in [6.07, 6.45) is 0. The zero-order chi connectivity index (χ0) is 33.0. The largest absolute Gasteiger partial charge is 0.492 e. The highest BCUT2D eigenvalue weighted by molar-refractivity contribution is 6.09. The number of carbonyl (C=O) groups excluding carboxylic acids is 2. The third-order valence-electron chi connectivity index (χ3n) is 9.80. The first-order chi connectivity index (χ1) is 23.6. The van der Waals surface area contributed by atoms with Crippen LogP contribution in [0.25, 0.3) is 11.1 Å². The third kappa shape index (κ3) is 6.31. The fourth-order valence-corrected chi connectivity index (χ4v) is 7.10. The Morgan fingerprint density at radius 1 is 0.688 bits per heavy atom. The lowest BCUT2D eigenvalue weighted by Crippen LogP contribution is -2.51. The molecule has 0 saturated carbocycles. The van der Waals surface area contributed by atoms with Crippen LogP contribution in [0.2, 0.25) is 0 Å². The number of methoxy groups -OCH3 is 2. The summed E-state index contributed by atoms with van der Waals surface area (Å²) >= 11 is 0. The predicted octanol–water partition coefficient (Wildman–Crippen LogP) is 4.47. The highest BCUT2D eigenvalue weighted by Crippen LogP contribution is 2.42. The molecule has 0 atom stereocenters. The van der Waals surface area contributed by atoms with E-state index in [9.17, 15) is 9.59 Å². The molecule has 0 aliphatic carbocycles. The van der Waals surface area contributed by atoms with Crippen LogP contribution in [0.5, 0.6) is 11.5 Å². The van der Waals surface area contributed by atoms with Crippen LogP contribution in [-0.2, 0) is 17.8 Å². The molecule has 48 heavy (non-hydrogen) atoms. The number of aromatic nitrogens is 1. The van der Waals surface area contributed by atoms with Gasteiger partial charge in [-0.05, 0) is 41.5 Å². The number of para-hydroxylation sites is 1. The van der Waals surface area contributed by atoms with Gasteiger partial charge in [-0.3, -0.25) is 19.4 Å². The van der Waals surface area contributed by atoms with Crippen LogP contribution in [0.4, 0.5) is 5.69 Å². The third-order valence-corrected chi connectivity index (χ3v) is 9.80. The summed E-state index contributed by atoms with van der Waals surface area (Å²) in [5, 5.41) is 0. The minimum Gasteiger partial charge on any atom is -0.492 e. The number of rotatable bonds is 8. The Bertz CT molecular complexity index is 1760. The zero-order valence-corrected chi connectivity index (χ0v) is 27.8. The van der Waals surface area contributed by atoms with Crippen LogP contribution >= 0.6 is 0 Å². The number of anilines is 1. The Labute approximate surface area is 282 Å². The van der Waals surface area contributed by atoms with Crippen LogP contribution in [0.1, 0.15) is 32.1 Å². The molecule has 3 aliphatic rings. The monoisotopic (exact) mass is 649 g/mol. The number of hydrogen-bond donors (Lipinski definition) is 0. The van der Waals surface area contributed by atoms with Crippen LogP contribution < -0.4 is 14.4 Å². The maximum Gasteiger partial charge on any atom is 0.270 e. The Kier molecular flexibility index (Phi) is 9.47. The number of piperazine rings is 1. The molecule has 2 amide bonds. The van der Waals surface area contributed by atoms with Crippen molar-refractivity contribution in [2.75, 3.05) is 84.7 Å². The van der Waals surface area contributed by atoms with E-state index in [1.54, 1.807) is 19.1 Å². The minimum atomic E-state index is -0.201. The van der Waals surface area contributed by atoms with E-state index in [2.05, 4.69) is 14.4 Å². The molecular formula is C38H43N5O5. The molecule has 1 aromatic heterocycles. The van der Waals surface area contributed by atoms with Crippen molar-refractivity contribution in [1.29, 1.82) is 0 Å². The summed E-state index contributed by atoms with van der Waals surface area (Å²) in [6.45, 7) is 9.58. The number of fused-ring (bicyclic) bond motifs is 2. The Hall–Kier alpha value is -4.64. The first kappa shape index (κ1) is 31.9. The van der Waals surface area contributed by atoms with Gasteiger partial charge in [0.2, 0.25) is 0 Å². The van der Waals surface area contributed by atoms with Gasteiger partial charge in [0.15, 0.2) is 11.5 Å². The Morgan fingerprint density at radius 3 is 2.10 bits per heavy atom. The molecule has 10 nitrogen and oxygen atoms in total. The van der Waals surface area contributed by atoms with Crippen molar-refractivity contribution in [2.45, 2.75) is 13.1 Å². The number of hydrogen-bond acceptors (Lipinski definition) is 7. The number of benzene rings is 3. The lowest BCUT2D eigenvalue weighted by molar-refractivity contribution is 0.0292. The molecular weight excluding hydrogens is 606 g/mol. The van der Waals surface area contributed by atoms with Crippen LogP contribution in [-0.4, -0.2) is 111 Å². The van der Waals surface area contributed by atoms with E-state index in [0.717, 1.165) is 80.6 Å².